The largest absolute Gasteiger partial charge is 0.393 e. The maximum absolute atomic E-state index is 12.2. The molecule has 8 heteroatoms. The van der Waals surface area contributed by atoms with E-state index in [1.165, 1.54) is 12.8 Å². The Kier molecular flexibility index (Phi) is 7.47. The number of nitrogens with one attached hydrogen (secondary N) is 1. The molecule has 1 amide bonds. The van der Waals surface area contributed by atoms with Crippen LogP contribution in [0.4, 0.5) is 0 Å². The van der Waals surface area contributed by atoms with Crippen molar-refractivity contribution in [3.8, 4) is 0 Å². The Bertz CT molecular complexity index is 863. The second-order valence-corrected chi connectivity index (χ2v) is 14.1. The summed E-state index contributed by atoms with van der Waals surface area (Å²) < 4.78 is 30.5. The van der Waals surface area contributed by atoms with Gasteiger partial charge in [0, 0.05) is 13.0 Å². The fourth-order valence-corrected chi connectivity index (χ4v) is 9.49. The van der Waals surface area contributed by atoms with Crippen LogP contribution in [-0.4, -0.2) is 53.6 Å². The van der Waals surface area contributed by atoms with Gasteiger partial charge in [0.05, 0.1) is 18.0 Å². The van der Waals surface area contributed by atoms with Gasteiger partial charge in [0.25, 0.3) is 10.1 Å². The number of hydrogen-bond acceptors (Lipinski definition) is 5. The van der Waals surface area contributed by atoms with Crippen LogP contribution in [0.3, 0.4) is 0 Å². The lowest BCUT2D eigenvalue weighted by Gasteiger charge is -2.62. The monoisotopic (exact) mass is 499 g/mol. The number of rotatable bonds is 7. The molecule has 0 aromatic rings. The number of fused-ring (bicyclic) bond motifs is 5. The molecule has 7 nitrogen and oxygen atoms in total. The summed E-state index contributed by atoms with van der Waals surface area (Å²) in [5, 5.41) is 24.5. The van der Waals surface area contributed by atoms with Crippen molar-refractivity contribution in [3.05, 3.63) is 0 Å². The Morgan fingerprint density at radius 1 is 1.06 bits per heavy atom. The maximum atomic E-state index is 12.2. The molecule has 4 saturated carbocycles. The number of carbonyl (C=O) groups is 1. The van der Waals surface area contributed by atoms with Crippen LogP contribution < -0.4 is 5.32 Å². The summed E-state index contributed by atoms with van der Waals surface area (Å²) in [7, 11) is -4.07. The summed E-state index contributed by atoms with van der Waals surface area (Å²) >= 11 is 0. The zero-order valence-corrected chi connectivity index (χ0v) is 21.9. The first-order valence-corrected chi connectivity index (χ1v) is 15.0. The Labute approximate surface area is 205 Å². The van der Waals surface area contributed by atoms with Crippen molar-refractivity contribution in [1.29, 1.82) is 0 Å². The van der Waals surface area contributed by atoms with E-state index in [1.54, 1.807) is 0 Å². The lowest BCUT2D eigenvalue weighted by molar-refractivity contribution is -0.174. The highest BCUT2D eigenvalue weighted by molar-refractivity contribution is 7.85. The summed E-state index contributed by atoms with van der Waals surface area (Å²) in [6.45, 7) is 6.86. The third kappa shape index (κ3) is 4.81. The predicted octanol–water partition coefficient (Wildman–Crippen LogP) is 3.40. The molecule has 0 aromatic heterocycles. The van der Waals surface area contributed by atoms with Gasteiger partial charge in [-0.3, -0.25) is 9.35 Å². The van der Waals surface area contributed by atoms with E-state index in [1.807, 2.05) is 0 Å². The minimum atomic E-state index is -4.07. The normalized spacial score (nSPS) is 45.1. The summed E-state index contributed by atoms with van der Waals surface area (Å²) in [4.78, 5) is 12.2. The standard InChI is InChI=1S/C26H45NO6S/c1-16(4-9-24(30)27-12-13-34(31,32)33)20-7-8-21-19-6-5-17-14-18(28)10-11-25(17,2)22(19)15-23(29)26(20,21)3/h16-23,28-29H,4-15H2,1-3H3,(H,27,30)(H,31,32,33)/t16-,17-,18-,19-,20+,21-,22-,23-,25-,26+/m0/s1. The highest BCUT2D eigenvalue weighted by Gasteiger charge is 2.63. The minimum absolute atomic E-state index is 0.0756. The predicted molar refractivity (Wildman–Crippen MR) is 130 cm³/mol. The molecular weight excluding hydrogens is 454 g/mol. The molecule has 0 spiro atoms. The van der Waals surface area contributed by atoms with Gasteiger partial charge in [0.2, 0.25) is 5.91 Å². The quantitative estimate of drug-likeness (QED) is 0.398. The SMILES string of the molecule is C[C@@H](CCC(=O)NCCS(=O)(=O)O)[C@H]1CC[C@H]2[C@@H]3CC[C@H]4C[C@@H](O)CC[C@]4(C)[C@H]3C[C@H](O)[C@]12C. The van der Waals surface area contributed by atoms with Crippen molar-refractivity contribution in [2.24, 2.45) is 46.3 Å². The van der Waals surface area contributed by atoms with Crippen molar-refractivity contribution in [2.75, 3.05) is 12.3 Å². The van der Waals surface area contributed by atoms with Crippen LogP contribution in [0, 0.1) is 46.3 Å². The van der Waals surface area contributed by atoms with Crippen molar-refractivity contribution in [2.45, 2.75) is 97.2 Å². The molecule has 4 rings (SSSR count). The molecule has 0 aliphatic heterocycles. The number of carbonyl (C=O) groups excluding carboxylic acids is 1. The van der Waals surface area contributed by atoms with E-state index in [0.29, 0.717) is 48.3 Å². The Hall–Kier alpha value is -0.700. The second kappa shape index (κ2) is 9.64. The molecule has 4 fully saturated rings. The summed E-state index contributed by atoms with van der Waals surface area (Å²) in [5.41, 5.74) is 0.105. The topological polar surface area (TPSA) is 124 Å². The molecule has 34 heavy (non-hydrogen) atoms. The van der Waals surface area contributed by atoms with E-state index in [9.17, 15) is 23.4 Å². The summed E-state index contributed by atoms with van der Waals surface area (Å²) in [5.74, 6) is 2.28. The van der Waals surface area contributed by atoms with Crippen LogP contribution in [0.15, 0.2) is 0 Å². The van der Waals surface area contributed by atoms with Crippen molar-refractivity contribution < 1.29 is 28.0 Å². The lowest BCUT2D eigenvalue weighted by Crippen LogP contribution is -2.58. The summed E-state index contributed by atoms with van der Waals surface area (Å²) in [6.07, 6.45) is 8.93. The molecule has 0 saturated heterocycles. The molecule has 0 unspecified atom stereocenters. The van der Waals surface area contributed by atoms with Crippen LogP contribution in [-0.2, 0) is 14.9 Å². The van der Waals surface area contributed by atoms with Crippen LogP contribution >= 0.6 is 0 Å². The molecule has 0 heterocycles. The van der Waals surface area contributed by atoms with E-state index in [4.69, 9.17) is 4.55 Å². The number of aliphatic hydroxyl groups is 2. The fraction of sp³-hybridized carbons (Fsp3) is 0.962. The van der Waals surface area contributed by atoms with E-state index >= 15 is 0 Å². The third-order valence-electron chi connectivity index (χ3n) is 11.0. The van der Waals surface area contributed by atoms with Gasteiger partial charge in [-0.15, -0.1) is 0 Å². The molecule has 10 atom stereocenters. The fourth-order valence-electron chi connectivity index (χ4n) is 9.13. The van der Waals surface area contributed by atoms with Gasteiger partial charge < -0.3 is 15.5 Å². The molecule has 0 bridgehead atoms. The highest BCUT2D eigenvalue weighted by Crippen LogP contribution is 2.68. The van der Waals surface area contributed by atoms with Crippen LogP contribution in [0.1, 0.15) is 85.0 Å². The Morgan fingerprint density at radius 2 is 1.79 bits per heavy atom. The second-order valence-electron chi connectivity index (χ2n) is 12.5. The van der Waals surface area contributed by atoms with Gasteiger partial charge in [0.15, 0.2) is 0 Å². The molecular formula is C26H45NO6S. The van der Waals surface area contributed by atoms with E-state index < -0.39 is 15.9 Å². The van der Waals surface area contributed by atoms with E-state index in [-0.39, 0.29) is 35.5 Å². The minimum Gasteiger partial charge on any atom is -0.393 e. The molecule has 0 aromatic carbocycles. The first-order valence-electron chi connectivity index (χ1n) is 13.4. The average Bonchev–Trinajstić information content (AvgIpc) is 3.11. The zero-order chi connectivity index (χ0) is 24.9. The number of hydrogen-bond donors (Lipinski definition) is 4. The van der Waals surface area contributed by atoms with Gasteiger partial charge in [-0.25, -0.2) is 0 Å². The van der Waals surface area contributed by atoms with E-state index in [0.717, 1.165) is 38.5 Å². The molecule has 4 N–H and O–H groups in total. The molecule has 4 aliphatic rings. The third-order valence-corrected chi connectivity index (χ3v) is 11.7. The van der Waals surface area contributed by atoms with Gasteiger partial charge in [-0.1, -0.05) is 20.8 Å². The number of aliphatic hydroxyl groups excluding tert-OH is 2. The molecule has 4 aliphatic carbocycles. The molecule has 196 valence electrons. The Balaban J connectivity index is 1.40. The maximum Gasteiger partial charge on any atom is 0.266 e. The van der Waals surface area contributed by atoms with Crippen molar-refractivity contribution in [1.82, 2.24) is 5.32 Å². The van der Waals surface area contributed by atoms with Crippen molar-refractivity contribution in [3.63, 3.8) is 0 Å². The first-order chi connectivity index (χ1) is 15.9. The van der Waals surface area contributed by atoms with Crippen LogP contribution in [0.25, 0.3) is 0 Å². The summed E-state index contributed by atoms with van der Waals surface area (Å²) in [6, 6.07) is 0. The first kappa shape index (κ1) is 26.4. The van der Waals surface area contributed by atoms with Gasteiger partial charge in [-0.05, 0) is 104 Å². The zero-order valence-electron chi connectivity index (χ0n) is 21.1. The van der Waals surface area contributed by atoms with Crippen LogP contribution in [0.2, 0.25) is 0 Å². The Morgan fingerprint density at radius 3 is 2.50 bits per heavy atom. The smallest absolute Gasteiger partial charge is 0.266 e. The van der Waals surface area contributed by atoms with Gasteiger partial charge >= 0.3 is 0 Å². The van der Waals surface area contributed by atoms with Gasteiger partial charge in [-0.2, -0.15) is 8.42 Å². The van der Waals surface area contributed by atoms with Crippen molar-refractivity contribution >= 4 is 16.0 Å². The lowest BCUT2D eigenvalue weighted by atomic mass is 9.43. The number of amides is 1. The van der Waals surface area contributed by atoms with E-state index in [2.05, 4.69) is 26.1 Å². The highest BCUT2D eigenvalue weighted by atomic mass is 32.2. The van der Waals surface area contributed by atoms with Crippen LogP contribution in [0.5, 0.6) is 0 Å². The molecule has 0 radical (unpaired) electrons. The average molecular weight is 500 g/mol. The van der Waals surface area contributed by atoms with Gasteiger partial charge in [0.1, 0.15) is 0 Å².